The highest BCUT2D eigenvalue weighted by molar-refractivity contribution is 6.33. The van der Waals surface area contributed by atoms with Crippen LogP contribution in [0.4, 0.5) is 0 Å². The second-order valence-corrected chi connectivity index (χ2v) is 7.60. The standard InChI is InChI=1S/C23H20ClN3O/c24-20-7-2-1-6-18(20)14-8-10-17(11-9-14)23(22(27)28)13-19(23)15-4-3-5-16(12-15)21(25)26/h1-12,19H,13H2,(H3,25,26)(H2,27,28). The fourth-order valence-corrected chi connectivity index (χ4v) is 4.21. The zero-order chi connectivity index (χ0) is 19.9. The number of carbonyl (C=O) groups excluding carboxylic acids is 1. The lowest BCUT2D eigenvalue weighted by Gasteiger charge is -2.16. The van der Waals surface area contributed by atoms with Crippen molar-refractivity contribution < 1.29 is 4.79 Å². The van der Waals surface area contributed by atoms with Gasteiger partial charge in [-0.2, -0.15) is 0 Å². The quantitative estimate of drug-likeness (QED) is 0.450. The highest BCUT2D eigenvalue weighted by Crippen LogP contribution is 2.60. The highest BCUT2D eigenvalue weighted by Gasteiger charge is 2.60. The van der Waals surface area contributed by atoms with Gasteiger partial charge in [0.1, 0.15) is 5.84 Å². The Hall–Kier alpha value is -3.11. The molecular weight excluding hydrogens is 370 g/mol. The van der Waals surface area contributed by atoms with Gasteiger partial charge in [-0.3, -0.25) is 10.2 Å². The van der Waals surface area contributed by atoms with E-state index in [1.54, 1.807) is 6.07 Å². The number of benzene rings is 3. The molecule has 5 N–H and O–H groups in total. The molecule has 0 bridgehead atoms. The number of rotatable bonds is 5. The first-order valence-corrected chi connectivity index (χ1v) is 9.41. The summed E-state index contributed by atoms with van der Waals surface area (Å²) in [6, 6.07) is 23.0. The molecule has 2 unspecified atom stereocenters. The number of primary amides is 1. The molecule has 4 nitrogen and oxygen atoms in total. The van der Waals surface area contributed by atoms with E-state index in [0.717, 1.165) is 22.3 Å². The van der Waals surface area contributed by atoms with Crippen LogP contribution < -0.4 is 11.5 Å². The number of nitrogens with one attached hydrogen (secondary N) is 1. The van der Waals surface area contributed by atoms with Crippen molar-refractivity contribution in [2.75, 3.05) is 0 Å². The zero-order valence-electron chi connectivity index (χ0n) is 15.2. The smallest absolute Gasteiger partial charge is 0.228 e. The van der Waals surface area contributed by atoms with Gasteiger partial charge in [0, 0.05) is 22.1 Å². The van der Waals surface area contributed by atoms with E-state index in [9.17, 15) is 4.79 Å². The number of amidine groups is 1. The topological polar surface area (TPSA) is 93.0 Å². The summed E-state index contributed by atoms with van der Waals surface area (Å²) in [4.78, 5) is 12.4. The molecule has 3 aromatic carbocycles. The van der Waals surface area contributed by atoms with Crippen molar-refractivity contribution in [1.82, 2.24) is 0 Å². The van der Waals surface area contributed by atoms with Crippen LogP contribution >= 0.6 is 11.6 Å². The van der Waals surface area contributed by atoms with E-state index in [1.807, 2.05) is 66.7 Å². The normalized spacial score (nSPS) is 20.5. The molecule has 0 radical (unpaired) electrons. The summed E-state index contributed by atoms with van der Waals surface area (Å²) >= 11 is 6.29. The summed E-state index contributed by atoms with van der Waals surface area (Å²) in [7, 11) is 0. The first-order valence-electron chi connectivity index (χ1n) is 9.03. The predicted octanol–water partition coefficient (Wildman–Crippen LogP) is 4.20. The molecule has 0 saturated heterocycles. The largest absolute Gasteiger partial charge is 0.384 e. The first-order chi connectivity index (χ1) is 13.4. The van der Waals surface area contributed by atoms with Gasteiger partial charge in [-0.25, -0.2) is 0 Å². The third-order valence-corrected chi connectivity index (χ3v) is 5.92. The molecule has 0 heterocycles. The van der Waals surface area contributed by atoms with Crippen LogP contribution in [0.5, 0.6) is 0 Å². The van der Waals surface area contributed by atoms with Gasteiger partial charge in [0.25, 0.3) is 0 Å². The molecule has 3 aromatic rings. The minimum absolute atomic E-state index is 0.0104. The predicted molar refractivity (Wildman–Crippen MR) is 113 cm³/mol. The minimum atomic E-state index is -0.728. The fourth-order valence-electron chi connectivity index (χ4n) is 3.96. The van der Waals surface area contributed by atoms with E-state index in [-0.39, 0.29) is 17.7 Å². The Labute approximate surface area is 168 Å². The maximum Gasteiger partial charge on any atom is 0.228 e. The van der Waals surface area contributed by atoms with Crippen molar-refractivity contribution in [3.63, 3.8) is 0 Å². The molecule has 0 spiro atoms. The lowest BCUT2D eigenvalue weighted by molar-refractivity contribution is -0.120. The third-order valence-electron chi connectivity index (χ3n) is 5.59. The Kier molecular flexibility index (Phi) is 4.44. The zero-order valence-corrected chi connectivity index (χ0v) is 15.9. The maximum absolute atomic E-state index is 12.4. The highest BCUT2D eigenvalue weighted by atomic mass is 35.5. The summed E-state index contributed by atoms with van der Waals surface area (Å²) in [6.45, 7) is 0. The monoisotopic (exact) mass is 389 g/mol. The van der Waals surface area contributed by atoms with Crippen LogP contribution in [0.2, 0.25) is 5.02 Å². The lowest BCUT2D eigenvalue weighted by atomic mass is 9.88. The van der Waals surface area contributed by atoms with Crippen molar-refractivity contribution in [2.45, 2.75) is 17.8 Å². The second kappa shape index (κ2) is 6.80. The van der Waals surface area contributed by atoms with Gasteiger partial charge < -0.3 is 11.5 Å². The van der Waals surface area contributed by atoms with Crippen molar-refractivity contribution in [3.8, 4) is 11.1 Å². The van der Waals surface area contributed by atoms with Crippen molar-refractivity contribution in [1.29, 1.82) is 5.41 Å². The van der Waals surface area contributed by atoms with Gasteiger partial charge in [0.05, 0.1) is 5.41 Å². The number of hydrogen-bond acceptors (Lipinski definition) is 2. The Balaban J connectivity index is 1.69. The van der Waals surface area contributed by atoms with Crippen LogP contribution in [0.15, 0.2) is 72.8 Å². The van der Waals surface area contributed by atoms with Crippen LogP contribution in [0, 0.1) is 5.41 Å². The van der Waals surface area contributed by atoms with E-state index in [2.05, 4.69) is 0 Å². The van der Waals surface area contributed by atoms with Crippen molar-refractivity contribution in [3.05, 3.63) is 94.5 Å². The molecule has 1 saturated carbocycles. The van der Waals surface area contributed by atoms with Crippen molar-refractivity contribution in [2.24, 2.45) is 11.5 Å². The van der Waals surface area contributed by atoms with E-state index in [0.29, 0.717) is 17.0 Å². The molecule has 1 aliphatic carbocycles. The summed E-state index contributed by atoms with van der Waals surface area (Å²) in [5.41, 5.74) is 15.2. The van der Waals surface area contributed by atoms with Gasteiger partial charge in [0.15, 0.2) is 0 Å². The fraction of sp³-hybridized carbons (Fsp3) is 0.130. The van der Waals surface area contributed by atoms with Gasteiger partial charge >= 0.3 is 0 Å². The van der Waals surface area contributed by atoms with Gasteiger partial charge in [-0.15, -0.1) is 0 Å². The van der Waals surface area contributed by atoms with Crippen LogP contribution in [0.1, 0.15) is 29.0 Å². The average molecular weight is 390 g/mol. The summed E-state index contributed by atoms with van der Waals surface area (Å²) in [5, 5.41) is 8.32. The summed E-state index contributed by atoms with van der Waals surface area (Å²) in [5.74, 6) is -0.344. The van der Waals surface area contributed by atoms with Gasteiger partial charge in [-0.05, 0) is 35.2 Å². The maximum atomic E-state index is 12.4. The van der Waals surface area contributed by atoms with Gasteiger partial charge in [-0.1, -0.05) is 72.3 Å². The number of nitrogen functional groups attached to an aromatic ring is 1. The molecule has 28 heavy (non-hydrogen) atoms. The molecule has 1 amide bonds. The Bertz CT molecular complexity index is 1080. The number of nitrogens with two attached hydrogens (primary N) is 2. The lowest BCUT2D eigenvalue weighted by Crippen LogP contribution is -2.30. The van der Waals surface area contributed by atoms with E-state index >= 15 is 0 Å². The van der Waals surface area contributed by atoms with Crippen LogP contribution in [-0.2, 0) is 10.2 Å². The van der Waals surface area contributed by atoms with Gasteiger partial charge in [0.2, 0.25) is 5.91 Å². The molecule has 140 valence electrons. The average Bonchev–Trinajstić information content (AvgIpc) is 3.46. The molecular formula is C23H20ClN3O. The van der Waals surface area contributed by atoms with Crippen LogP contribution in [-0.4, -0.2) is 11.7 Å². The molecule has 1 fully saturated rings. The Morgan fingerprint density at radius 3 is 2.36 bits per heavy atom. The minimum Gasteiger partial charge on any atom is -0.384 e. The Morgan fingerprint density at radius 1 is 1.00 bits per heavy atom. The molecule has 2 atom stereocenters. The van der Waals surface area contributed by atoms with Crippen LogP contribution in [0.3, 0.4) is 0 Å². The number of carbonyl (C=O) groups is 1. The number of hydrogen-bond donors (Lipinski definition) is 3. The molecule has 5 heteroatoms. The molecule has 4 rings (SSSR count). The van der Waals surface area contributed by atoms with E-state index < -0.39 is 5.41 Å². The molecule has 0 aromatic heterocycles. The number of amides is 1. The number of halogens is 1. The first kappa shape index (κ1) is 18.3. The van der Waals surface area contributed by atoms with Crippen LogP contribution in [0.25, 0.3) is 11.1 Å². The van der Waals surface area contributed by atoms with E-state index in [1.165, 1.54) is 0 Å². The van der Waals surface area contributed by atoms with E-state index in [4.69, 9.17) is 28.5 Å². The summed E-state index contributed by atoms with van der Waals surface area (Å²) in [6.07, 6.45) is 0.648. The van der Waals surface area contributed by atoms with Crippen molar-refractivity contribution >= 4 is 23.3 Å². The third kappa shape index (κ3) is 2.96. The second-order valence-electron chi connectivity index (χ2n) is 7.19. The molecule has 1 aliphatic rings. The Morgan fingerprint density at radius 2 is 1.71 bits per heavy atom. The molecule has 0 aliphatic heterocycles. The summed E-state index contributed by atoms with van der Waals surface area (Å²) < 4.78 is 0. The SMILES string of the molecule is N=C(N)c1cccc(C2CC2(C(N)=O)c2ccc(-c3ccccc3Cl)cc2)c1.